The lowest BCUT2D eigenvalue weighted by atomic mass is 9.97. The summed E-state index contributed by atoms with van der Waals surface area (Å²) < 4.78 is 27.5. The second kappa shape index (κ2) is 6.09. The Hall–Kier alpha value is -2.86. The number of hydrogen-bond acceptors (Lipinski definition) is 5. The molecular formula is C18H19N5O3S. The van der Waals surface area contributed by atoms with Gasteiger partial charge in [-0.2, -0.15) is 10.4 Å². The van der Waals surface area contributed by atoms with Crippen LogP contribution in [-0.4, -0.2) is 36.9 Å². The molecular weight excluding hydrogens is 366 g/mol. The van der Waals surface area contributed by atoms with Gasteiger partial charge < -0.3 is 5.32 Å². The Balaban J connectivity index is 1.73. The normalized spacial score (nSPS) is 20.4. The van der Waals surface area contributed by atoms with Crippen LogP contribution in [0.1, 0.15) is 30.9 Å². The van der Waals surface area contributed by atoms with Crippen molar-refractivity contribution in [2.24, 2.45) is 5.41 Å². The Morgan fingerprint density at radius 3 is 2.78 bits per heavy atom. The lowest BCUT2D eigenvalue weighted by molar-refractivity contribution is -0.119. The second-order valence-corrected chi connectivity index (χ2v) is 8.95. The van der Waals surface area contributed by atoms with Crippen LogP contribution in [0.5, 0.6) is 0 Å². The molecule has 1 unspecified atom stereocenters. The summed E-state index contributed by atoms with van der Waals surface area (Å²) in [7, 11) is -3.41. The average molecular weight is 385 g/mol. The minimum atomic E-state index is -3.41. The van der Waals surface area contributed by atoms with Crippen molar-refractivity contribution in [2.75, 3.05) is 22.4 Å². The van der Waals surface area contributed by atoms with Gasteiger partial charge in [-0.05, 0) is 43.5 Å². The topological polar surface area (TPSA) is 108 Å². The highest BCUT2D eigenvalue weighted by atomic mass is 32.2. The molecule has 1 aliphatic heterocycles. The Labute approximate surface area is 157 Å². The number of nitrogens with zero attached hydrogens (tertiary/aromatic N) is 4. The van der Waals surface area contributed by atoms with Gasteiger partial charge in [0.25, 0.3) is 0 Å². The molecule has 0 spiro atoms. The fourth-order valence-electron chi connectivity index (χ4n) is 3.49. The molecule has 140 valence electrons. The minimum Gasteiger partial charge on any atom is -0.325 e. The van der Waals surface area contributed by atoms with E-state index >= 15 is 0 Å². The van der Waals surface area contributed by atoms with Gasteiger partial charge in [0.15, 0.2) is 0 Å². The van der Waals surface area contributed by atoms with E-state index in [9.17, 15) is 18.5 Å². The van der Waals surface area contributed by atoms with Crippen LogP contribution < -0.4 is 9.62 Å². The Kier molecular flexibility index (Phi) is 3.96. The minimum absolute atomic E-state index is 0.129. The smallest absolute Gasteiger partial charge is 0.244 e. The van der Waals surface area contributed by atoms with Crippen molar-refractivity contribution in [2.45, 2.75) is 25.3 Å². The molecule has 0 radical (unpaired) electrons. The molecule has 0 bridgehead atoms. The molecule has 0 saturated heterocycles. The first-order valence-corrected chi connectivity index (χ1v) is 10.5. The summed E-state index contributed by atoms with van der Waals surface area (Å²) in [5, 5.41) is 16.3. The zero-order valence-corrected chi connectivity index (χ0v) is 15.6. The number of fused-ring (bicyclic) bond motifs is 1. The maximum Gasteiger partial charge on any atom is 0.244 e. The molecule has 1 fully saturated rings. The van der Waals surface area contributed by atoms with E-state index in [-0.39, 0.29) is 11.9 Å². The molecule has 1 aliphatic carbocycles. The van der Waals surface area contributed by atoms with Crippen molar-refractivity contribution in [3.05, 3.63) is 42.2 Å². The number of hydrogen-bond donors (Lipinski definition) is 1. The van der Waals surface area contributed by atoms with E-state index in [0.717, 1.165) is 5.56 Å². The van der Waals surface area contributed by atoms with Crippen LogP contribution in [-0.2, 0) is 14.8 Å². The number of nitrogens with one attached hydrogen (secondary N) is 1. The van der Waals surface area contributed by atoms with Crippen molar-refractivity contribution in [3.8, 4) is 6.07 Å². The standard InChI is InChI=1S/C18H19N5O3S/c1-27(25,26)23-10-5-15(22-9-2-8-20-22)14-11-13(3-4-16(14)23)21-17(24)18(12-19)6-7-18/h2-4,8-9,11,15H,5-7,10H2,1H3,(H,21,24). The molecule has 1 atom stereocenters. The van der Waals surface area contributed by atoms with Gasteiger partial charge in [-0.25, -0.2) is 8.42 Å². The number of carbonyl (C=O) groups excluding carboxylic acids is 1. The third-order valence-corrected chi connectivity index (χ3v) is 6.34. The summed E-state index contributed by atoms with van der Waals surface area (Å²) in [4.78, 5) is 12.4. The number of aromatic nitrogens is 2. The molecule has 1 aromatic carbocycles. The molecule has 1 N–H and O–H groups in total. The van der Waals surface area contributed by atoms with E-state index in [1.165, 1.54) is 10.6 Å². The summed E-state index contributed by atoms with van der Waals surface area (Å²) in [6.07, 6.45) is 6.41. The summed E-state index contributed by atoms with van der Waals surface area (Å²) in [6, 6.07) is 8.93. The summed E-state index contributed by atoms with van der Waals surface area (Å²) in [5.74, 6) is -0.309. The fraction of sp³-hybridized carbons (Fsp3) is 0.389. The SMILES string of the molecule is CS(=O)(=O)N1CCC(n2cccn2)c2cc(NC(=O)C3(C#N)CC3)ccc21. The number of carbonyl (C=O) groups is 1. The highest BCUT2D eigenvalue weighted by molar-refractivity contribution is 7.92. The van der Waals surface area contributed by atoms with Crippen molar-refractivity contribution >= 4 is 27.3 Å². The first-order valence-electron chi connectivity index (χ1n) is 8.68. The lowest BCUT2D eigenvalue weighted by Crippen LogP contribution is -2.37. The highest BCUT2D eigenvalue weighted by Crippen LogP contribution is 2.46. The Bertz CT molecular complexity index is 1040. The van der Waals surface area contributed by atoms with Crippen molar-refractivity contribution in [1.82, 2.24) is 9.78 Å². The maximum atomic E-state index is 12.4. The van der Waals surface area contributed by atoms with Crippen LogP contribution in [0.4, 0.5) is 11.4 Å². The van der Waals surface area contributed by atoms with Crippen LogP contribution in [0.2, 0.25) is 0 Å². The van der Waals surface area contributed by atoms with Crippen LogP contribution in [0.15, 0.2) is 36.7 Å². The maximum absolute atomic E-state index is 12.4. The molecule has 1 amide bonds. The van der Waals surface area contributed by atoms with Gasteiger partial charge in [-0.15, -0.1) is 0 Å². The molecule has 1 aromatic heterocycles. The molecule has 9 heteroatoms. The monoisotopic (exact) mass is 385 g/mol. The Morgan fingerprint density at radius 2 is 2.19 bits per heavy atom. The van der Waals surface area contributed by atoms with Gasteiger partial charge in [0.05, 0.1) is 24.1 Å². The zero-order valence-electron chi connectivity index (χ0n) is 14.8. The molecule has 4 rings (SSSR count). The van der Waals surface area contributed by atoms with Gasteiger partial charge in [0.2, 0.25) is 15.9 Å². The van der Waals surface area contributed by atoms with Gasteiger partial charge >= 0.3 is 0 Å². The Morgan fingerprint density at radius 1 is 1.41 bits per heavy atom. The van der Waals surface area contributed by atoms with Crippen molar-refractivity contribution < 1.29 is 13.2 Å². The van der Waals surface area contributed by atoms with E-state index in [1.54, 1.807) is 29.1 Å². The third-order valence-electron chi connectivity index (χ3n) is 5.16. The van der Waals surface area contributed by atoms with Gasteiger partial charge in [-0.3, -0.25) is 13.8 Å². The quantitative estimate of drug-likeness (QED) is 0.864. The van der Waals surface area contributed by atoms with Gasteiger partial charge in [0, 0.05) is 30.2 Å². The largest absolute Gasteiger partial charge is 0.325 e. The first-order chi connectivity index (χ1) is 12.8. The second-order valence-electron chi connectivity index (χ2n) is 7.05. The molecule has 2 aromatic rings. The van der Waals surface area contributed by atoms with Crippen LogP contribution >= 0.6 is 0 Å². The summed E-state index contributed by atoms with van der Waals surface area (Å²) in [5.41, 5.74) is 0.988. The highest BCUT2D eigenvalue weighted by Gasteiger charge is 2.50. The van der Waals surface area contributed by atoms with E-state index in [1.807, 2.05) is 12.3 Å². The number of sulfonamides is 1. The number of nitriles is 1. The number of amides is 1. The van der Waals surface area contributed by atoms with E-state index in [2.05, 4.69) is 16.5 Å². The van der Waals surface area contributed by atoms with Crippen molar-refractivity contribution in [3.63, 3.8) is 0 Å². The predicted octanol–water partition coefficient (Wildman–Crippen LogP) is 1.88. The zero-order chi connectivity index (χ0) is 19.2. The van der Waals surface area contributed by atoms with Gasteiger partial charge in [-0.1, -0.05) is 0 Å². The molecule has 2 heterocycles. The average Bonchev–Trinajstić information content (AvgIpc) is 3.26. The van der Waals surface area contributed by atoms with Crippen LogP contribution in [0.3, 0.4) is 0 Å². The lowest BCUT2D eigenvalue weighted by Gasteiger charge is -2.34. The van der Waals surface area contributed by atoms with E-state index in [0.29, 0.717) is 37.2 Å². The summed E-state index contributed by atoms with van der Waals surface area (Å²) >= 11 is 0. The number of rotatable bonds is 4. The molecule has 1 saturated carbocycles. The van der Waals surface area contributed by atoms with Crippen LogP contribution in [0.25, 0.3) is 0 Å². The third kappa shape index (κ3) is 3.06. The number of benzene rings is 1. The fourth-order valence-corrected chi connectivity index (χ4v) is 4.45. The predicted molar refractivity (Wildman–Crippen MR) is 99.5 cm³/mol. The van der Waals surface area contributed by atoms with E-state index < -0.39 is 15.4 Å². The molecule has 8 nitrogen and oxygen atoms in total. The first kappa shape index (κ1) is 17.5. The van der Waals surface area contributed by atoms with Gasteiger partial charge in [0.1, 0.15) is 5.41 Å². The molecule has 27 heavy (non-hydrogen) atoms. The number of anilines is 2. The van der Waals surface area contributed by atoms with Crippen molar-refractivity contribution in [1.29, 1.82) is 5.26 Å². The summed E-state index contributed by atoms with van der Waals surface area (Å²) in [6.45, 7) is 0.361. The van der Waals surface area contributed by atoms with Crippen LogP contribution in [0, 0.1) is 16.7 Å². The molecule has 2 aliphatic rings. The van der Waals surface area contributed by atoms with E-state index in [4.69, 9.17) is 0 Å².